The first-order chi connectivity index (χ1) is 20.6. The van der Waals surface area contributed by atoms with Gasteiger partial charge in [-0.05, 0) is 67.4 Å². The fourth-order valence-electron chi connectivity index (χ4n) is 5.77. The molecule has 43 heavy (non-hydrogen) atoms. The van der Waals surface area contributed by atoms with Crippen LogP contribution >= 0.6 is 0 Å². The number of methoxy groups -OCH3 is 1. The molecule has 1 atom stereocenters. The summed E-state index contributed by atoms with van der Waals surface area (Å²) in [6.45, 7) is 3.28. The number of furan rings is 1. The van der Waals surface area contributed by atoms with Gasteiger partial charge in [0.2, 0.25) is 0 Å². The van der Waals surface area contributed by atoms with Crippen molar-refractivity contribution in [3.05, 3.63) is 107 Å². The molecule has 3 aromatic carbocycles. The van der Waals surface area contributed by atoms with E-state index in [2.05, 4.69) is 4.98 Å². The lowest BCUT2D eigenvalue weighted by Crippen LogP contribution is -2.40. The molecule has 1 aliphatic rings. The van der Waals surface area contributed by atoms with Crippen LogP contribution in [0.3, 0.4) is 0 Å². The zero-order valence-electron chi connectivity index (χ0n) is 23.5. The number of hydrogen-bond donors (Lipinski definition) is 1. The van der Waals surface area contributed by atoms with Crippen LogP contribution in [0.25, 0.3) is 22.2 Å². The van der Waals surface area contributed by atoms with Gasteiger partial charge >= 0.3 is 12.1 Å². The number of aromatic amines is 1. The van der Waals surface area contributed by atoms with Crippen molar-refractivity contribution in [2.45, 2.75) is 32.5 Å². The third-order valence-electron chi connectivity index (χ3n) is 7.76. The molecule has 0 spiro atoms. The Labute approximate surface area is 244 Å². The predicted molar refractivity (Wildman–Crippen MR) is 153 cm³/mol. The maximum Gasteiger partial charge on any atom is 0.417 e. The van der Waals surface area contributed by atoms with E-state index in [1.165, 1.54) is 31.2 Å². The summed E-state index contributed by atoms with van der Waals surface area (Å²) in [6, 6.07) is 18.1. The minimum Gasteiger partial charge on any atom is -0.497 e. The number of nitrogens with zero attached hydrogens (tertiary/aromatic N) is 1. The number of carbonyl (C=O) groups is 2. The van der Waals surface area contributed by atoms with E-state index in [0.29, 0.717) is 41.3 Å². The summed E-state index contributed by atoms with van der Waals surface area (Å²) in [5, 5.41) is 0.925. The topological polar surface area (TPSA) is 84.8 Å². The molecule has 0 radical (unpaired) electrons. The first-order valence-electron chi connectivity index (χ1n) is 13.6. The molecule has 220 valence electrons. The number of nitrogens with one attached hydrogen (secondary N) is 1. The number of rotatable bonds is 5. The van der Waals surface area contributed by atoms with Crippen LogP contribution in [-0.4, -0.2) is 35.4 Å². The van der Waals surface area contributed by atoms with Gasteiger partial charge in [-0.15, -0.1) is 0 Å². The summed E-state index contributed by atoms with van der Waals surface area (Å²) in [7, 11) is 1.58. The molecule has 0 aliphatic carbocycles. The predicted octanol–water partition coefficient (Wildman–Crippen LogP) is 7.48. The van der Waals surface area contributed by atoms with Crippen molar-refractivity contribution < 1.29 is 36.7 Å². The average Bonchev–Trinajstić information content (AvgIpc) is 3.61. The highest BCUT2D eigenvalue weighted by atomic mass is 19.4. The van der Waals surface area contributed by atoms with Gasteiger partial charge in [0.15, 0.2) is 0 Å². The van der Waals surface area contributed by atoms with Crippen LogP contribution < -0.4 is 9.47 Å². The van der Waals surface area contributed by atoms with Crippen molar-refractivity contribution in [1.29, 1.82) is 0 Å². The first-order valence-corrected chi connectivity index (χ1v) is 13.6. The summed E-state index contributed by atoms with van der Waals surface area (Å²) in [6.07, 6.45) is -4.07. The monoisotopic (exact) mass is 588 g/mol. The molecular formula is C33H27F3N2O5. The van der Waals surface area contributed by atoms with Crippen LogP contribution in [0, 0.1) is 6.92 Å². The SMILES string of the molecule is COc1ccc2[nH]c3c(c2c1)CCN(C(=O)c1cccc(OC(C)=O)c1C)C3c1ccc(-c2ccccc2C(F)(F)F)o1. The van der Waals surface area contributed by atoms with Gasteiger partial charge in [-0.2, -0.15) is 13.2 Å². The van der Waals surface area contributed by atoms with E-state index in [9.17, 15) is 22.8 Å². The lowest BCUT2D eigenvalue weighted by molar-refractivity contribution is -0.137. The number of aromatic nitrogens is 1. The summed E-state index contributed by atoms with van der Waals surface area (Å²) in [5.41, 5.74) is 2.40. The molecule has 0 bridgehead atoms. The van der Waals surface area contributed by atoms with Crippen LogP contribution in [-0.2, 0) is 17.4 Å². The molecular weight excluding hydrogens is 561 g/mol. The summed E-state index contributed by atoms with van der Waals surface area (Å²) < 4.78 is 58.4. The highest BCUT2D eigenvalue weighted by molar-refractivity contribution is 5.97. The van der Waals surface area contributed by atoms with Crippen molar-refractivity contribution in [1.82, 2.24) is 9.88 Å². The van der Waals surface area contributed by atoms with E-state index in [-0.39, 0.29) is 23.0 Å². The number of halogens is 3. The molecule has 0 saturated heterocycles. The number of H-pyrrole nitrogens is 1. The number of carbonyl (C=O) groups excluding carboxylic acids is 2. The van der Waals surface area contributed by atoms with Crippen LogP contribution in [0.5, 0.6) is 11.5 Å². The number of amides is 1. The fraction of sp³-hybridized carbons (Fsp3) is 0.212. The third kappa shape index (κ3) is 5.03. The molecule has 5 aromatic rings. The highest BCUT2D eigenvalue weighted by Crippen LogP contribution is 2.43. The number of benzene rings is 3. The average molecular weight is 589 g/mol. The van der Waals surface area contributed by atoms with E-state index >= 15 is 0 Å². The molecule has 7 nitrogen and oxygen atoms in total. The van der Waals surface area contributed by atoms with Crippen LogP contribution in [0.4, 0.5) is 13.2 Å². The van der Waals surface area contributed by atoms with Gasteiger partial charge in [0.25, 0.3) is 5.91 Å². The van der Waals surface area contributed by atoms with Crippen LogP contribution in [0.15, 0.2) is 77.2 Å². The summed E-state index contributed by atoms with van der Waals surface area (Å²) >= 11 is 0. The smallest absolute Gasteiger partial charge is 0.417 e. The molecule has 3 heterocycles. The standard InChI is InChI=1S/C33H27F3N2O5/c1-18-21(8-6-10-27(18)42-19(2)39)32(40)38-16-15-22-24-17-20(41-3)11-12-26(24)37-30(22)31(38)29-14-13-28(43-29)23-7-4-5-9-25(23)33(34,35)36/h4-14,17,31,37H,15-16H2,1-3H3. The Morgan fingerprint density at radius 1 is 1.02 bits per heavy atom. The minimum atomic E-state index is -4.58. The first kappa shape index (κ1) is 28.1. The number of fused-ring (bicyclic) bond motifs is 3. The van der Waals surface area contributed by atoms with Crippen LogP contribution in [0.1, 0.15) is 51.5 Å². The Morgan fingerprint density at radius 2 is 1.81 bits per heavy atom. The molecule has 6 rings (SSSR count). The van der Waals surface area contributed by atoms with Crippen LogP contribution in [0.2, 0.25) is 0 Å². The zero-order valence-corrected chi connectivity index (χ0v) is 23.5. The Morgan fingerprint density at radius 3 is 2.56 bits per heavy atom. The Hall–Kier alpha value is -4.99. The maximum absolute atomic E-state index is 14.2. The second kappa shape index (κ2) is 10.7. The maximum atomic E-state index is 14.2. The van der Waals surface area contributed by atoms with Crippen molar-refractivity contribution in [2.75, 3.05) is 13.7 Å². The van der Waals surface area contributed by atoms with E-state index in [4.69, 9.17) is 13.9 Å². The molecule has 10 heteroatoms. The van der Waals surface area contributed by atoms with Gasteiger partial charge in [-0.1, -0.05) is 24.3 Å². The van der Waals surface area contributed by atoms with Gasteiger partial charge in [-0.3, -0.25) is 9.59 Å². The second-order valence-electron chi connectivity index (χ2n) is 10.3. The Kier molecular flexibility index (Phi) is 7.00. The lowest BCUT2D eigenvalue weighted by atomic mass is 9.94. The zero-order chi connectivity index (χ0) is 30.5. The molecule has 2 aromatic heterocycles. The minimum absolute atomic E-state index is 0.0354. The molecule has 0 saturated carbocycles. The molecule has 1 aliphatic heterocycles. The third-order valence-corrected chi connectivity index (χ3v) is 7.76. The molecule has 1 N–H and O–H groups in total. The van der Waals surface area contributed by atoms with E-state index in [1.54, 1.807) is 43.2 Å². The number of esters is 1. The van der Waals surface area contributed by atoms with Gasteiger partial charge in [-0.25, -0.2) is 0 Å². The molecule has 1 unspecified atom stereocenters. The Balaban J connectivity index is 1.49. The largest absolute Gasteiger partial charge is 0.497 e. The van der Waals surface area contributed by atoms with Gasteiger partial charge in [0, 0.05) is 41.1 Å². The van der Waals surface area contributed by atoms with Gasteiger partial charge in [0.05, 0.1) is 18.4 Å². The van der Waals surface area contributed by atoms with E-state index in [1.807, 2.05) is 18.2 Å². The van der Waals surface area contributed by atoms with Crippen molar-refractivity contribution in [2.24, 2.45) is 0 Å². The van der Waals surface area contributed by atoms with Crippen molar-refractivity contribution >= 4 is 22.8 Å². The van der Waals surface area contributed by atoms with Gasteiger partial charge in [0.1, 0.15) is 29.1 Å². The Bertz CT molecular complexity index is 1870. The van der Waals surface area contributed by atoms with Crippen molar-refractivity contribution in [3.8, 4) is 22.8 Å². The lowest BCUT2D eigenvalue weighted by Gasteiger charge is -2.35. The summed E-state index contributed by atoms with van der Waals surface area (Å²) in [5.74, 6) is 0.429. The number of ether oxygens (including phenoxy) is 2. The summed E-state index contributed by atoms with van der Waals surface area (Å²) in [4.78, 5) is 30.9. The quantitative estimate of drug-likeness (QED) is 0.170. The second-order valence-corrected chi connectivity index (χ2v) is 10.3. The fourth-order valence-corrected chi connectivity index (χ4v) is 5.77. The van der Waals surface area contributed by atoms with Gasteiger partial charge < -0.3 is 23.8 Å². The number of hydrogen-bond acceptors (Lipinski definition) is 5. The molecule has 0 fully saturated rings. The van der Waals surface area contributed by atoms with Crippen molar-refractivity contribution in [3.63, 3.8) is 0 Å². The number of alkyl halides is 3. The normalized spacial score (nSPS) is 14.9. The highest BCUT2D eigenvalue weighted by Gasteiger charge is 2.39. The van der Waals surface area contributed by atoms with E-state index in [0.717, 1.165) is 22.5 Å². The van der Waals surface area contributed by atoms with E-state index < -0.39 is 23.8 Å². The molecule has 1 amide bonds.